The molecule has 1 amide bonds. The van der Waals surface area contributed by atoms with Crippen molar-refractivity contribution in [1.29, 1.82) is 0 Å². The number of carbonyl (C=O) groups is 1. The van der Waals surface area contributed by atoms with Crippen molar-refractivity contribution in [2.24, 2.45) is 5.73 Å². The van der Waals surface area contributed by atoms with Crippen molar-refractivity contribution in [2.75, 3.05) is 32.1 Å². The molecule has 0 aliphatic carbocycles. The number of methoxy groups -OCH3 is 1. The fourth-order valence-corrected chi connectivity index (χ4v) is 3.19. The Hall–Kier alpha value is -1.02. The minimum Gasteiger partial charge on any atom is -0.381 e. The Morgan fingerprint density at radius 1 is 1.70 bits per heavy atom. The Morgan fingerprint density at radius 3 is 3.10 bits per heavy atom. The molecule has 0 spiro atoms. The predicted molar refractivity (Wildman–Crippen MR) is 79.9 cm³/mol. The first-order valence-electron chi connectivity index (χ1n) is 6.81. The van der Waals surface area contributed by atoms with Gasteiger partial charge in [0.25, 0.3) is 0 Å². The van der Waals surface area contributed by atoms with Crippen molar-refractivity contribution in [1.82, 2.24) is 9.88 Å². The van der Waals surface area contributed by atoms with Crippen LogP contribution in [-0.4, -0.2) is 54.7 Å². The predicted octanol–water partition coefficient (Wildman–Crippen LogP) is 0.828. The fraction of sp³-hybridized carbons (Fsp3) is 0.692. The zero-order chi connectivity index (χ0) is 14.5. The Kier molecular flexibility index (Phi) is 5.47. The van der Waals surface area contributed by atoms with E-state index in [2.05, 4.69) is 15.2 Å². The highest BCUT2D eigenvalue weighted by Gasteiger charge is 2.28. The Balaban J connectivity index is 1.86. The number of hydrogen-bond donors (Lipinski definition) is 2. The van der Waals surface area contributed by atoms with Crippen molar-refractivity contribution in [3.63, 3.8) is 0 Å². The molecule has 0 bridgehead atoms. The monoisotopic (exact) mass is 298 g/mol. The maximum absolute atomic E-state index is 12.0. The summed E-state index contributed by atoms with van der Waals surface area (Å²) in [5.41, 5.74) is 6.73. The molecular weight excluding hydrogens is 276 g/mol. The molecule has 0 saturated carbocycles. The molecule has 1 aliphatic heterocycles. The lowest BCUT2D eigenvalue weighted by Crippen LogP contribution is -2.50. The number of piperidine rings is 1. The first-order valence-corrected chi connectivity index (χ1v) is 7.69. The first kappa shape index (κ1) is 15.4. The van der Waals surface area contributed by atoms with Crippen LogP contribution in [0.25, 0.3) is 0 Å². The third kappa shape index (κ3) is 3.99. The normalized spacial score (nSPS) is 23.8. The summed E-state index contributed by atoms with van der Waals surface area (Å²) in [6, 6.07) is 0.206. The van der Waals surface area contributed by atoms with Gasteiger partial charge in [0.15, 0.2) is 5.13 Å². The van der Waals surface area contributed by atoms with Gasteiger partial charge in [0, 0.05) is 31.6 Å². The second-order valence-corrected chi connectivity index (χ2v) is 5.94. The fourth-order valence-electron chi connectivity index (χ4n) is 2.48. The van der Waals surface area contributed by atoms with E-state index in [1.807, 2.05) is 12.3 Å². The molecule has 2 rings (SSSR count). The first-order chi connectivity index (χ1) is 9.62. The lowest BCUT2D eigenvalue weighted by Gasteiger charge is -2.37. The van der Waals surface area contributed by atoms with Gasteiger partial charge in [-0.1, -0.05) is 0 Å². The van der Waals surface area contributed by atoms with Gasteiger partial charge in [-0.25, -0.2) is 4.98 Å². The maximum Gasteiger partial charge on any atom is 0.240 e. The number of anilines is 1. The number of aromatic nitrogens is 1. The molecule has 3 N–H and O–H groups in total. The number of nitrogens with two attached hydrogens (primary N) is 1. The summed E-state index contributed by atoms with van der Waals surface area (Å²) in [6.45, 7) is 3.65. The van der Waals surface area contributed by atoms with Crippen molar-refractivity contribution in [2.45, 2.75) is 31.9 Å². The minimum absolute atomic E-state index is 0.0336. The maximum atomic E-state index is 12.0. The molecule has 0 radical (unpaired) electrons. The number of likely N-dealkylation sites (tertiary alicyclic amines) is 1. The average molecular weight is 298 g/mol. The van der Waals surface area contributed by atoms with Gasteiger partial charge in [0.1, 0.15) is 0 Å². The molecule has 1 fully saturated rings. The van der Waals surface area contributed by atoms with Crippen molar-refractivity contribution in [3.8, 4) is 0 Å². The number of ether oxygens (including phenoxy) is 1. The summed E-state index contributed by atoms with van der Waals surface area (Å²) < 4.78 is 5.38. The standard InChI is InChI=1S/C13H22N4O2S/c1-9-8-20-13(15-9)16-12(18)7-17-4-3-11(19-2)5-10(17)6-14/h8,10-11H,3-7,14H2,1-2H3,(H,15,16,18). The molecule has 2 atom stereocenters. The summed E-state index contributed by atoms with van der Waals surface area (Å²) in [5, 5.41) is 5.41. The summed E-state index contributed by atoms with van der Waals surface area (Å²) in [7, 11) is 1.73. The number of hydrogen-bond acceptors (Lipinski definition) is 6. The molecule has 1 aromatic heterocycles. The molecule has 2 unspecified atom stereocenters. The van der Waals surface area contributed by atoms with E-state index >= 15 is 0 Å². The quantitative estimate of drug-likeness (QED) is 0.841. The average Bonchev–Trinajstić information content (AvgIpc) is 2.84. The van der Waals surface area contributed by atoms with Crippen molar-refractivity contribution in [3.05, 3.63) is 11.1 Å². The molecule has 1 aliphatic rings. The van der Waals surface area contributed by atoms with Gasteiger partial charge in [-0.3, -0.25) is 9.69 Å². The van der Waals surface area contributed by atoms with Crippen LogP contribution in [-0.2, 0) is 9.53 Å². The minimum atomic E-state index is -0.0336. The molecule has 7 heteroatoms. The number of nitrogens with zero attached hydrogens (tertiary/aromatic N) is 2. The van der Waals surface area contributed by atoms with Gasteiger partial charge in [0.2, 0.25) is 5.91 Å². The molecule has 20 heavy (non-hydrogen) atoms. The van der Waals surface area contributed by atoms with E-state index in [0.29, 0.717) is 18.2 Å². The van der Waals surface area contributed by atoms with Crippen LogP contribution in [0, 0.1) is 6.92 Å². The summed E-state index contributed by atoms with van der Waals surface area (Å²) in [6.07, 6.45) is 2.08. The highest BCUT2D eigenvalue weighted by molar-refractivity contribution is 7.13. The van der Waals surface area contributed by atoms with Crippen molar-refractivity contribution >= 4 is 22.4 Å². The second kappa shape index (κ2) is 7.12. The molecule has 0 aromatic carbocycles. The highest BCUT2D eigenvalue weighted by atomic mass is 32.1. The third-order valence-electron chi connectivity index (χ3n) is 3.61. The van der Waals surface area contributed by atoms with Crippen LogP contribution >= 0.6 is 11.3 Å². The van der Waals surface area contributed by atoms with Crippen LogP contribution in [0.2, 0.25) is 0 Å². The van der Waals surface area contributed by atoms with Gasteiger partial charge in [-0.15, -0.1) is 11.3 Å². The number of amides is 1. The van der Waals surface area contributed by atoms with E-state index in [0.717, 1.165) is 25.1 Å². The molecule has 112 valence electrons. The number of carbonyl (C=O) groups excluding carboxylic acids is 1. The summed E-state index contributed by atoms with van der Waals surface area (Å²) in [4.78, 5) is 18.4. The molecule has 1 saturated heterocycles. The van der Waals surface area contributed by atoms with Crippen LogP contribution < -0.4 is 11.1 Å². The van der Waals surface area contributed by atoms with E-state index in [1.165, 1.54) is 11.3 Å². The van der Waals surface area contributed by atoms with Gasteiger partial charge in [-0.05, 0) is 19.8 Å². The van der Waals surface area contributed by atoms with Crippen LogP contribution in [0.3, 0.4) is 0 Å². The van der Waals surface area contributed by atoms with E-state index < -0.39 is 0 Å². The van der Waals surface area contributed by atoms with E-state index in [1.54, 1.807) is 7.11 Å². The SMILES string of the molecule is COC1CCN(CC(=O)Nc2nc(C)cs2)C(CN)C1. The lowest BCUT2D eigenvalue weighted by molar-refractivity contribution is -0.118. The second-order valence-electron chi connectivity index (χ2n) is 5.08. The number of aryl methyl sites for hydroxylation is 1. The van der Waals surface area contributed by atoms with Crippen LogP contribution in [0.1, 0.15) is 18.5 Å². The molecule has 2 heterocycles. The topological polar surface area (TPSA) is 80.5 Å². The highest BCUT2D eigenvalue weighted by Crippen LogP contribution is 2.19. The Labute approximate surface area is 123 Å². The summed E-state index contributed by atoms with van der Waals surface area (Å²) >= 11 is 1.44. The number of rotatable bonds is 5. The largest absolute Gasteiger partial charge is 0.381 e. The zero-order valence-electron chi connectivity index (χ0n) is 12.0. The molecule has 6 nitrogen and oxygen atoms in total. The van der Waals surface area contributed by atoms with Gasteiger partial charge in [-0.2, -0.15) is 0 Å². The van der Waals surface area contributed by atoms with E-state index in [4.69, 9.17) is 10.5 Å². The van der Waals surface area contributed by atoms with Crippen LogP contribution in [0.5, 0.6) is 0 Å². The van der Waals surface area contributed by atoms with Crippen molar-refractivity contribution < 1.29 is 9.53 Å². The smallest absolute Gasteiger partial charge is 0.240 e. The third-order valence-corrected chi connectivity index (χ3v) is 4.48. The van der Waals surface area contributed by atoms with Gasteiger partial charge < -0.3 is 15.8 Å². The van der Waals surface area contributed by atoms with E-state index in [-0.39, 0.29) is 18.1 Å². The van der Waals surface area contributed by atoms with Gasteiger partial charge in [0.05, 0.1) is 18.3 Å². The zero-order valence-corrected chi connectivity index (χ0v) is 12.8. The number of nitrogens with one attached hydrogen (secondary N) is 1. The molecule has 1 aromatic rings. The number of thiazole rings is 1. The van der Waals surface area contributed by atoms with Crippen LogP contribution in [0.4, 0.5) is 5.13 Å². The van der Waals surface area contributed by atoms with Gasteiger partial charge >= 0.3 is 0 Å². The van der Waals surface area contributed by atoms with E-state index in [9.17, 15) is 4.79 Å². The Morgan fingerprint density at radius 2 is 2.50 bits per heavy atom. The van der Waals surface area contributed by atoms with Crippen LogP contribution in [0.15, 0.2) is 5.38 Å². The Bertz CT molecular complexity index is 451. The lowest BCUT2D eigenvalue weighted by atomic mass is 9.99. The molecular formula is C13H22N4O2S. The summed E-state index contributed by atoms with van der Waals surface area (Å²) in [5.74, 6) is -0.0336.